The van der Waals surface area contributed by atoms with E-state index in [1.54, 1.807) is 0 Å². The van der Waals surface area contributed by atoms with Crippen molar-refractivity contribution in [3.8, 4) is 0 Å². The maximum Gasteiger partial charge on any atom is 0.102 e. The zero-order valence-corrected chi connectivity index (χ0v) is 11.4. The second-order valence-corrected chi connectivity index (χ2v) is 6.56. The minimum atomic E-state index is 0.327. The fourth-order valence-electron chi connectivity index (χ4n) is 2.06. The van der Waals surface area contributed by atoms with E-state index in [4.69, 9.17) is 4.74 Å². The van der Waals surface area contributed by atoms with Crippen LogP contribution in [0.5, 0.6) is 0 Å². The highest BCUT2D eigenvalue weighted by Gasteiger charge is 2.29. The molecule has 1 aromatic carbocycles. The molecule has 1 heterocycles. The summed E-state index contributed by atoms with van der Waals surface area (Å²) in [4.78, 5) is 0. The first-order chi connectivity index (χ1) is 8.20. The van der Waals surface area contributed by atoms with Gasteiger partial charge in [0, 0.05) is 4.75 Å². The SMILES string of the molecule is C/C(=C/OCC1(C)CCCS1)c1ccccc1. The van der Waals surface area contributed by atoms with Gasteiger partial charge in [-0.2, -0.15) is 11.8 Å². The second kappa shape index (κ2) is 5.63. The van der Waals surface area contributed by atoms with Gasteiger partial charge in [-0.25, -0.2) is 0 Å². The molecule has 1 unspecified atom stereocenters. The predicted octanol–water partition coefficient (Wildman–Crippen LogP) is 4.35. The molecule has 2 rings (SSSR count). The monoisotopic (exact) mass is 248 g/mol. The van der Waals surface area contributed by atoms with Gasteiger partial charge in [0.1, 0.15) is 6.61 Å². The van der Waals surface area contributed by atoms with Crippen LogP contribution in [0.25, 0.3) is 5.57 Å². The molecule has 0 saturated carbocycles. The third-order valence-corrected chi connectivity index (χ3v) is 4.69. The van der Waals surface area contributed by atoms with Crippen molar-refractivity contribution >= 4 is 17.3 Å². The van der Waals surface area contributed by atoms with Gasteiger partial charge in [-0.1, -0.05) is 30.3 Å². The van der Waals surface area contributed by atoms with E-state index >= 15 is 0 Å². The third-order valence-electron chi connectivity index (χ3n) is 3.18. The quantitative estimate of drug-likeness (QED) is 0.733. The van der Waals surface area contributed by atoms with Crippen LogP contribution in [-0.4, -0.2) is 17.1 Å². The molecular weight excluding hydrogens is 228 g/mol. The zero-order valence-electron chi connectivity index (χ0n) is 10.6. The van der Waals surface area contributed by atoms with Gasteiger partial charge in [0.25, 0.3) is 0 Å². The van der Waals surface area contributed by atoms with Crippen LogP contribution in [0, 0.1) is 0 Å². The summed E-state index contributed by atoms with van der Waals surface area (Å²) in [5.41, 5.74) is 2.42. The van der Waals surface area contributed by atoms with Crippen molar-refractivity contribution in [1.82, 2.24) is 0 Å². The molecule has 1 aromatic rings. The molecule has 1 aliphatic heterocycles. The van der Waals surface area contributed by atoms with Crippen LogP contribution in [0.4, 0.5) is 0 Å². The Morgan fingerprint density at radius 2 is 2.18 bits per heavy atom. The van der Waals surface area contributed by atoms with Crippen molar-refractivity contribution in [2.45, 2.75) is 31.4 Å². The van der Waals surface area contributed by atoms with E-state index in [1.165, 1.54) is 29.7 Å². The number of ether oxygens (including phenoxy) is 1. The largest absolute Gasteiger partial charge is 0.499 e. The first-order valence-corrected chi connectivity index (χ1v) is 7.16. The normalized spacial score (nSPS) is 24.9. The summed E-state index contributed by atoms with van der Waals surface area (Å²) in [6.45, 7) is 5.22. The zero-order chi connectivity index (χ0) is 12.1. The summed E-state index contributed by atoms with van der Waals surface area (Å²) in [7, 11) is 0. The average molecular weight is 248 g/mol. The van der Waals surface area contributed by atoms with Crippen LogP contribution >= 0.6 is 11.8 Å². The summed E-state index contributed by atoms with van der Waals surface area (Å²) in [6.07, 6.45) is 4.50. The van der Waals surface area contributed by atoms with Gasteiger partial charge in [-0.3, -0.25) is 0 Å². The van der Waals surface area contributed by atoms with E-state index in [9.17, 15) is 0 Å². The number of rotatable bonds is 4. The lowest BCUT2D eigenvalue weighted by Crippen LogP contribution is -2.22. The van der Waals surface area contributed by atoms with Gasteiger partial charge in [0.2, 0.25) is 0 Å². The molecule has 1 atom stereocenters. The molecule has 92 valence electrons. The van der Waals surface area contributed by atoms with E-state index < -0.39 is 0 Å². The van der Waals surface area contributed by atoms with Gasteiger partial charge in [-0.05, 0) is 43.6 Å². The predicted molar refractivity (Wildman–Crippen MR) is 76.1 cm³/mol. The molecule has 2 heteroatoms. The van der Waals surface area contributed by atoms with Crippen LogP contribution in [0.15, 0.2) is 36.6 Å². The van der Waals surface area contributed by atoms with E-state index in [-0.39, 0.29) is 0 Å². The molecule has 0 amide bonds. The number of allylic oxidation sites excluding steroid dienone is 1. The second-order valence-electron chi connectivity index (χ2n) is 4.88. The van der Waals surface area contributed by atoms with Crippen LogP contribution < -0.4 is 0 Å². The standard InChI is InChI=1S/C15H20OS/c1-13(14-7-4-3-5-8-14)11-16-12-15(2)9-6-10-17-15/h3-5,7-8,11H,6,9-10,12H2,1-2H3/b13-11-. The molecule has 0 radical (unpaired) electrons. The Hall–Kier alpha value is -0.890. The fraction of sp³-hybridized carbons (Fsp3) is 0.467. The Morgan fingerprint density at radius 1 is 1.41 bits per heavy atom. The van der Waals surface area contributed by atoms with Gasteiger partial charge < -0.3 is 4.74 Å². The lowest BCUT2D eigenvalue weighted by molar-refractivity contribution is 0.218. The molecule has 1 fully saturated rings. The molecule has 1 aliphatic rings. The Bertz CT molecular complexity index is 377. The summed E-state index contributed by atoms with van der Waals surface area (Å²) < 4.78 is 6.08. The van der Waals surface area contributed by atoms with Gasteiger partial charge in [0.05, 0.1) is 6.26 Å². The van der Waals surface area contributed by atoms with Crippen molar-refractivity contribution in [2.75, 3.05) is 12.4 Å². The summed E-state index contributed by atoms with van der Waals surface area (Å²) in [5, 5.41) is 0. The lowest BCUT2D eigenvalue weighted by Gasteiger charge is -2.21. The van der Waals surface area contributed by atoms with E-state index in [1.807, 2.05) is 24.1 Å². The highest BCUT2D eigenvalue weighted by molar-refractivity contribution is 8.00. The first-order valence-electron chi connectivity index (χ1n) is 6.17. The highest BCUT2D eigenvalue weighted by Crippen LogP contribution is 2.37. The Balaban J connectivity index is 1.88. The number of thioether (sulfide) groups is 1. The minimum absolute atomic E-state index is 0.327. The molecule has 1 saturated heterocycles. The summed E-state index contributed by atoms with van der Waals surface area (Å²) in [6, 6.07) is 10.4. The molecule has 1 nitrogen and oxygen atoms in total. The van der Waals surface area contributed by atoms with Crippen molar-refractivity contribution in [3.63, 3.8) is 0 Å². The van der Waals surface area contributed by atoms with E-state index in [0.717, 1.165) is 6.61 Å². The van der Waals surface area contributed by atoms with E-state index in [2.05, 4.69) is 38.1 Å². The van der Waals surface area contributed by atoms with Gasteiger partial charge in [-0.15, -0.1) is 0 Å². The van der Waals surface area contributed by atoms with Crippen LogP contribution in [0.1, 0.15) is 32.3 Å². The topological polar surface area (TPSA) is 9.23 Å². The van der Waals surface area contributed by atoms with Crippen molar-refractivity contribution in [1.29, 1.82) is 0 Å². The van der Waals surface area contributed by atoms with Crippen molar-refractivity contribution in [2.24, 2.45) is 0 Å². The Morgan fingerprint density at radius 3 is 2.82 bits per heavy atom. The van der Waals surface area contributed by atoms with Gasteiger partial charge >= 0.3 is 0 Å². The molecule has 0 bridgehead atoms. The first kappa shape index (κ1) is 12.6. The third kappa shape index (κ3) is 3.53. The molecule has 0 aliphatic carbocycles. The molecular formula is C15H20OS. The summed E-state index contributed by atoms with van der Waals surface area (Å²) in [5.74, 6) is 1.28. The molecule has 17 heavy (non-hydrogen) atoms. The van der Waals surface area contributed by atoms with Crippen molar-refractivity contribution < 1.29 is 4.74 Å². The highest BCUT2D eigenvalue weighted by atomic mass is 32.2. The van der Waals surface area contributed by atoms with Crippen LogP contribution in [-0.2, 0) is 4.74 Å². The van der Waals surface area contributed by atoms with Gasteiger partial charge in [0.15, 0.2) is 0 Å². The van der Waals surface area contributed by atoms with E-state index in [0.29, 0.717) is 4.75 Å². The lowest BCUT2D eigenvalue weighted by atomic mass is 10.1. The minimum Gasteiger partial charge on any atom is -0.499 e. The fourth-order valence-corrected chi connectivity index (χ4v) is 3.28. The van der Waals surface area contributed by atoms with Crippen molar-refractivity contribution in [3.05, 3.63) is 42.2 Å². The Labute approximate surface area is 108 Å². The van der Waals surface area contributed by atoms with Crippen LogP contribution in [0.3, 0.4) is 0 Å². The molecule has 0 spiro atoms. The molecule has 0 aromatic heterocycles. The number of benzene rings is 1. The maximum atomic E-state index is 5.75. The average Bonchev–Trinajstić information content (AvgIpc) is 2.77. The number of hydrogen-bond donors (Lipinski definition) is 0. The smallest absolute Gasteiger partial charge is 0.102 e. The maximum absolute atomic E-state index is 5.75. The summed E-state index contributed by atoms with van der Waals surface area (Å²) >= 11 is 2.04. The Kier molecular flexibility index (Phi) is 4.16. The molecule has 0 N–H and O–H groups in total. The van der Waals surface area contributed by atoms with Crippen LogP contribution in [0.2, 0.25) is 0 Å². The number of hydrogen-bond acceptors (Lipinski definition) is 2.